The van der Waals surface area contributed by atoms with Crippen LogP contribution in [0.3, 0.4) is 0 Å². The number of fused-ring (bicyclic) bond motifs is 1. The summed E-state index contributed by atoms with van der Waals surface area (Å²) in [5.41, 5.74) is 4.57. The first kappa shape index (κ1) is 24.4. The number of amides is 1. The number of nitrogens with zero attached hydrogens (tertiary/aromatic N) is 7. The van der Waals surface area contributed by atoms with Crippen molar-refractivity contribution in [1.29, 1.82) is 0 Å². The molecule has 1 amide bonds. The van der Waals surface area contributed by atoms with Gasteiger partial charge in [-0.05, 0) is 45.2 Å². The van der Waals surface area contributed by atoms with E-state index < -0.39 is 5.60 Å². The van der Waals surface area contributed by atoms with E-state index >= 15 is 0 Å². The Morgan fingerprint density at radius 3 is 2.72 bits per heavy atom. The Bertz CT molecular complexity index is 1180. The van der Waals surface area contributed by atoms with Gasteiger partial charge in [-0.2, -0.15) is 9.67 Å². The van der Waals surface area contributed by atoms with Crippen molar-refractivity contribution in [3.05, 3.63) is 36.5 Å². The van der Waals surface area contributed by atoms with E-state index in [0.29, 0.717) is 37.3 Å². The fourth-order valence-corrected chi connectivity index (χ4v) is 5.23. The fourth-order valence-electron chi connectivity index (χ4n) is 5.23. The van der Waals surface area contributed by atoms with Crippen LogP contribution in [0.4, 0.5) is 10.7 Å². The highest BCUT2D eigenvalue weighted by Crippen LogP contribution is 2.30. The molecule has 2 aliphatic rings. The molecule has 1 atom stereocenters. The molecule has 1 unspecified atom stereocenters. The molecule has 1 saturated heterocycles. The molecule has 10 heteroatoms. The van der Waals surface area contributed by atoms with Crippen molar-refractivity contribution in [2.24, 2.45) is 5.92 Å². The monoisotopic (exact) mass is 492 g/mol. The number of carbonyl (C=O) groups excluding carboxylic acids is 1. The van der Waals surface area contributed by atoms with E-state index in [0.717, 1.165) is 17.5 Å². The molecule has 1 aromatic carbocycles. The summed E-state index contributed by atoms with van der Waals surface area (Å²) in [7, 11) is 0. The van der Waals surface area contributed by atoms with Crippen molar-refractivity contribution in [3.8, 4) is 5.82 Å². The molecule has 1 aliphatic carbocycles. The van der Waals surface area contributed by atoms with Gasteiger partial charge in [0, 0.05) is 37.9 Å². The first-order valence-electron chi connectivity index (χ1n) is 13.0. The number of hydrazine groups is 1. The lowest BCUT2D eigenvalue weighted by Crippen LogP contribution is -2.57. The van der Waals surface area contributed by atoms with Gasteiger partial charge in [-0.3, -0.25) is 5.43 Å². The Kier molecular flexibility index (Phi) is 7.04. The normalized spacial score (nSPS) is 20.0. The van der Waals surface area contributed by atoms with Gasteiger partial charge >= 0.3 is 6.09 Å². The minimum Gasteiger partial charge on any atom is -0.444 e. The van der Waals surface area contributed by atoms with Gasteiger partial charge in [0.15, 0.2) is 5.82 Å². The zero-order chi connectivity index (χ0) is 25.1. The summed E-state index contributed by atoms with van der Waals surface area (Å²) in [6, 6.07) is 9.69. The number of nitrogens with one attached hydrogen (secondary N) is 1. The molecule has 192 valence electrons. The van der Waals surface area contributed by atoms with E-state index in [1.165, 1.54) is 32.1 Å². The van der Waals surface area contributed by atoms with Crippen molar-refractivity contribution in [2.75, 3.05) is 25.1 Å². The Morgan fingerprint density at radius 1 is 1.11 bits per heavy atom. The zero-order valence-corrected chi connectivity index (χ0v) is 21.4. The molecule has 5 rings (SSSR count). The lowest BCUT2D eigenvalue weighted by Gasteiger charge is -2.43. The third-order valence-corrected chi connectivity index (χ3v) is 6.91. The lowest BCUT2D eigenvalue weighted by molar-refractivity contribution is -0.00327. The third kappa shape index (κ3) is 5.75. The highest BCUT2D eigenvalue weighted by molar-refractivity contribution is 5.75. The molecule has 36 heavy (non-hydrogen) atoms. The number of ether oxygens (including phenoxy) is 1. The minimum atomic E-state index is -0.512. The molecular weight excluding hydrogens is 456 g/mol. The highest BCUT2D eigenvalue weighted by atomic mass is 16.6. The van der Waals surface area contributed by atoms with Gasteiger partial charge in [0.2, 0.25) is 5.95 Å². The fraction of sp³-hybridized carbons (Fsp3) is 0.577. The number of piperazine rings is 1. The van der Waals surface area contributed by atoms with Gasteiger partial charge < -0.3 is 9.64 Å². The molecule has 2 aromatic heterocycles. The maximum atomic E-state index is 13.0. The number of aromatic nitrogens is 5. The molecular formula is C26H36N8O2. The molecule has 0 bridgehead atoms. The number of anilines is 1. The van der Waals surface area contributed by atoms with Crippen LogP contribution >= 0.6 is 0 Å². The maximum absolute atomic E-state index is 13.0. The van der Waals surface area contributed by atoms with Crippen LogP contribution in [0.15, 0.2) is 36.5 Å². The smallest absolute Gasteiger partial charge is 0.410 e. The van der Waals surface area contributed by atoms with Crippen LogP contribution in [0.1, 0.15) is 59.3 Å². The van der Waals surface area contributed by atoms with E-state index in [1.807, 2.05) is 56.0 Å². The van der Waals surface area contributed by atoms with E-state index in [2.05, 4.69) is 25.7 Å². The number of rotatable bonds is 5. The summed E-state index contributed by atoms with van der Waals surface area (Å²) in [4.78, 5) is 24.1. The van der Waals surface area contributed by atoms with E-state index in [1.54, 1.807) is 10.9 Å². The van der Waals surface area contributed by atoms with Crippen molar-refractivity contribution < 1.29 is 9.53 Å². The lowest BCUT2D eigenvalue weighted by atomic mass is 9.84. The van der Waals surface area contributed by atoms with E-state index in [4.69, 9.17) is 9.72 Å². The topological polar surface area (TPSA) is 101 Å². The number of hydrogen-bond donors (Lipinski definition) is 1. The number of para-hydroxylation sites is 1. The number of benzene rings is 1. The Hall–Kier alpha value is -3.27. The molecule has 3 aromatic rings. The molecule has 1 aliphatic heterocycles. The first-order chi connectivity index (χ1) is 17.4. The third-order valence-electron chi connectivity index (χ3n) is 6.91. The Balaban J connectivity index is 1.30. The SMILES string of the molecule is CC(C)(C)OC(=O)N1CCN(Nc2nccc(-n3nnc4ccccc43)n2)CC1CC1CCCCC1. The molecule has 3 heterocycles. The van der Waals surface area contributed by atoms with Gasteiger partial charge in [0.25, 0.3) is 0 Å². The molecule has 1 N–H and O–H groups in total. The number of carbonyl (C=O) groups is 1. The highest BCUT2D eigenvalue weighted by Gasteiger charge is 2.35. The second-order valence-corrected chi connectivity index (χ2v) is 10.9. The van der Waals surface area contributed by atoms with E-state index in [-0.39, 0.29) is 12.1 Å². The summed E-state index contributed by atoms with van der Waals surface area (Å²) in [6.07, 6.45) is 8.85. The van der Waals surface area contributed by atoms with Gasteiger partial charge in [-0.1, -0.05) is 49.5 Å². The van der Waals surface area contributed by atoms with Gasteiger partial charge in [-0.25, -0.2) is 14.8 Å². The zero-order valence-electron chi connectivity index (χ0n) is 21.4. The first-order valence-corrected chi connectivity index (χ1v) is 13.0. The van der Waals surface area contributed by atoms with Gasteiger partial charge in [0.05, 0.1) is 5.52 Å². The van der Waals surface area contributed by atoms with Crippen LogP contribution in [-0.2, 0) is 4.74 Å². The maximum Gasteiger partial charge on any atom is 0.410 e. The minimum absolute atomic E-state index is 0.0756. The van der Waals surface area contributed by atoms with Gasteiger partial charge in [0.1, 0.15) is 11.1 Å². The van der Waals surface area contributed by atoms with Crippen molar-refractivity contribution in [1.82, 2.24) is 34.9 Å². The van der Waals surface area contributed by atoms with Crippen LogP contribution in [0, 0.1) is 5.92 Å². The average molecular weight is 493 g/mol. The molecule has 0 spiro atoms. The molecule has 10 nitrogen and oxygen atoms in total. The van der Waals surface area contributed by atoms with Crippen molar-refractivity contribution in [2.45, 2.75) is 70.9 Å². The number of hydrogen-bond acceptors (Lipinski definition) is 8. The predicted octanol–water partition coefficient (Wildman–Crippen LogP) is 4.43. The standard InChI is InChI=1S/C26H36N8O2/c1-26(2,3)36-25(35)33-16-15-32(18-20(33)17-19-9-5-4-6-10-19)30-24-27-14-13-23(28-24)34-22-12-8-7-11-21(22)29-31-34/h7-8,11-14,19-20H,4-6,9-10,15-18H2,1-3H3,(H,27,28,30). The van der Waals surface area contributed by atoms with Crippen LogP contribution in [0.25, 0.3) is 16.9 Å². The largest absolute Gasteiger partial charge is 0.444 e. The van der Waals surface area contributed by atoms with Crippen LogP contribution < -0.4 is 5.43 Å². The summed E-state index contributed by atoms with van der Waals surface area (Å²) in [5, 5.41) is 10.6. The van der Waals surface area contributed by atoms with Crippen LogP contribution in [0.5, 0.6) is 0 Å². The summed E-state index contributed by atoms with van der Waals surface area (Å²) in [6.45, 7) is 7.69. The summed E-state index contributed by atoms with van der Waals surface area (Å²) in [5.74, 6) is 1.79. The average Bonchev–Trinajstić information content (AvgIpc) is 3.28. The van der Waals surface area contributed by atoms with Crippen molar-refractivity contribution >= 4 is 23.1 Å². The molecule has 1 saturated carbocycles. The Morgan fingerprint density at radius 2 is 1.92 bits per heavy atom. The van der Waals surface area contributed by atoms with E-state index in [9.17, 15) is 4.79 Å². The molecule has 0 radical (unpaired) electrons. The molecule has 2 fully saturated rings. The van der Waals surface area contributed by atoms with Gasteiger partial charge in [-0.15, -0.1) is 5.10 Å². The summed E-state index contributed by atoms with van der Waals surface area (Å²) >= 11 is 0. The second kappa shape index (κ2) is 10.4. The van der Waals surface area contributed by atoms with Crippen LogP contribution in [0.2, 0.25) is 0 Å². The van der Waals surface area contributed by atoms with Crippen molar-refractivity contribution in [3.63, 3.8) is 0 Å². The van der Waals surface area contributed by atoms with Crippen LogP contribution in [-0.4, -0.2) is 72.2 Å². The second-order valence-electron chi connectivity index (χ2n) is 10.9. The Labute approximate surface area is 212 Å². The predicted molar refractivity (Wildman–Crippen MR) is 138 cm³/mol. The summed E-state index contributed by atoms with van der Waals surface area (Å²) < 4.78 is 7.47. The quantitative estimate of drug-likeness (QED) is 0.558.